The molecule has 23 heavy (non-hydrogen) atoms. The van der Waals surface area contributed by atoms with Crippen LogP contribution in [0.25, 0.3) is 11.0 Å². The molecule has 1 aliphatic heterocycles. The van der Waals surface area contributed by atoms with Crippen LogP contribution in [0, 0.1) is 0 Å². The van der Waals surface area contributed by atoms with E-state index >= 15 is 0 Å². The molecule has 1 aliphatic rings. The summed E-state index contributed by atoms with van der Waals surface area (Å²) in [6, 6.07) is 0.154. The molecule has 1 atom stereocenters. The van der Waals surface area contributed by atoms with Gasteiger partial charge in [0.1, 0.15) is 11.0 Å². The molecule has 0 aromatic carbocycles. The van der Waals surface area contributed by atoms with Gasteiger partial charge in [-0.25, -0.2) is 9.67 Å². The van der Waals surface area contributed by atoms with E-state index in [2.05, 4.69) is 34.9 Å². The molecule has 2 aromatic rings. The summed E-state index contributed by atoms with van der Waals surface area (Å²) in [4.78, 5) is 19.4. The molecule has 3 heterocycles. The average Bonchev–Trinajstić information content (AvgIpc) is 2.88. The van der Waals surface area contributed by atoms with Crippen LogP contribution >= 0.6 is 0 Å². The fraction of sp³-hybridized carbons (Fsp3) is 0.562. The molecule has 1 saturated heterocycles. The SMILES string of the molecule is CC(C)=CCn1c(N2CCCC(N)C2)nc2cnn(C)c(=O)c21. The average molecular weight is 316 g/mol. The molecule has 1 fully saturated rings. The second-order valence-corrected chi connectivity index (χ2v) is 6.46. The summed E-state index contributed by atoms with van der Waals surface area (Å²) < 4.78 is 3.35. The molecule has 0 aliphatic carbocycles. The predicted octanol–water partition coefficient (Wildman–Crippen LogP) is 1.02. The highest BCUT2D eigenvalue weighted by Crippen LogP contribution is 2.23. The molecule has 124 valence electrons. The largest absolute Gasteiger partial charge is 0.341 e. The Balaban J connectivity index is 2.16. The van der Waals surface area contributed by atoms with Crippen molar-refractivity contribution < 1.29 is 0 Å². The molecule has 2 N–H and O–H groups in total. The van der Waals surface area contributed by atoms with E-state index in [4.69, 9.17) is 5.73 Å². The number of hydrogen-bond donors (Lipinski definition) is 1. The van der Waals surface area contributed by atoms with Crippen LogP contribution in [0.2, 0.25) is 0 Å². The molecule has 7 heteroatoms. The highest BCUT2D eigenvalue weighted by Gasteiger charge is 2.23. The van der Waals surface area contributed by atoms with Crippen molar-refractivity contribution >= 4 is 17.0 Å². The van der Waals surface area contributed by atoms with Crippen molar-refractivity contribution in [3.05, 3.63) is 28.2 Å². The molecule has 3 rings (SSSR count). The Morgan fingerprint density at radius 1 is 1.48 bits per heavy atom. The summed E-state index contributed by atoms with van der Waals surface area (Å²) in [7, 11) is 1.66. The Labute approximate surface area is 135 Å². The second kappa shape index (κ2) is 6.16. The lowest BCUT2D eigenvalue weighted by atomic mass is 10.1. The maximum absolute atomic E-state index is 12.5. The number of imidazole rings is 1. The Hall–Kier alpha value is -2.15. The van der Waals surface area contributed by atoms with Crippen molar-refractivity contribution in [2.24, 2.45) is 12.8 Å². The van der Waals surface area contributed by atoms with Crippen LogP contribution in [0.1, 0.15) is 26.7 Å². The van der Waals surface area contributed by atoms with E-state index in [1.807, 2.05) is 4.57 Å². The zero-order chi connectivity index (χ0) is 16.6. The standard InChI is InChI=1S/C16H24N6O/c1-11(2)6-8-22-14-13(9-18-20(3)15(14)23)19-16(22)21-7-4-5-12(17)10-21/h6,9,12H,4-5,7-8,10,17H2,1-3H3. The Kier molecular flexibility index (Phi) is 4.21. The highest BCUT2D eigenvalue weighted by molar-refractivity contribution is 5.77. The molecule has 0 bridgehead atoms. The van der Waals surface area contributed by atoms with Crippen LogP contribution in [-0.2, 0) is 13.6 Å². The van der Waals surface area contributed by atoms with E-state index in [0.717, 1.165) is 31.9 Å². The zero-order valence-electron chi connectivity index (χ0n) is 14.0. The Morgan fingerprint density at radius 2 is 2.26 bits per heavy atom. The zero-order valence-corrected chi connectivity index (χ0v) is 14.0. The van der Waals surface area contributed by atoms with E-state index in [1.165, 1.54) is 10.3 Å². The number of anilines is 1. The molecule has 0 amide bonds. The highest BCUT2D eigenvalue weighted by atomic mass is 16.1. The molecule has 1 unspecified atom stereocenters. The van der Waals surface area contributed by atoms with Gasteiger partial charge in [-0.05, 0) is 26.7 Å². The number of hydrogen-bond acceptors (Lipinski definition) is 5. The first-order chi connectivity index (χ1) is 11.0. The molecule has 0 saturated carbocycles. The summed E-state index contributed by atoms with van der Waals surface area (Å²) in [6.07, 6.45) is 5.84. The predicted molar refractivity (Wildman–Crippen MR) is 91.6 cm³/mol. The first-order valence-electron chi connectivity index (χ1n) is 8.04. The number of piperidine rings is 1. The lowest BCUT2D eigenvalue weighted by Crippen LogP contribution is -2.44. The van der Waals surface area contributed by atoms with E-state index < -0.39 is 0 Å². The van der Waals surface area contributed by atoms with Crippen molar-refractivity contribution in [1.29, 1.82) is 0 Å². The molecule has 2 aromatic heterocycles. The van der Waals surface area contributed by atoms with Crippen molar-refractivity contribution in [3.63, 3.8) is 0 Å². The van der Waals surface area contributed by atoms with Gasteiger partial charge >= 0.3 is 0 Å². The van der Waals surface area contributed by atoms with Gasteiger partial charge in [0.2, 0.25) is 5.95 Å². The minimum absolute atomic E-state index is 0.121. The fourth-order valence-corrected chi connectivity index (χ4v) is 3.00. The quantitative estimate of drug-likeness (QED) is 0.855. The summed E-state index contributed by atoms with van der Waals surface area (Å²) in [5.41, 5.74) is 8.45. The maximum Gasteiger partial charge on any atom is 0.292 e. The third-order valence-corrected chi connectivity index (χ3v) is 4.25. The van der Waals surface area contributed by atoms with Crippen LogP contribution in [0.5, 0.6) is 0 Å². The monoisotopic (exact) mass is 316 g/mol. The molecular formula is C16H24N6O. The van der Waals surface area contributed by atoms with Crippen LogP contribution in [0.4, 0.5) is 5.95 Å². The van der Waals surface area contributed by atoms with Gasteiger partial charge in [0, 0.05) is 32.7 Å². The van der Waals surface area contributed by atoms with E-state index in [9.17, 15) is 4.79 Å². The van der Waals surface area contributed by atoms with Gasteiger partial charge < -0.3 is 15.2 Å². The van der Waals surface area contributed by atoms with Crippen molar-refractivity contribution in [1.82, 2.24) is 19.3 Å². The van der Waals surface area contributed by atoms with Crippen LogP contribution in [-0.4, -0.2) is 38.5 Å². The lowest BCUT2D eigenvalue weighted by Gasteiger charge is -2.31. The molecular weight excluding hydrogens is 292 g/mol. The Morgan fingerprint density at radius 3 is 2.96 bits per heavy atom. The lowest BCUT2D eigenvalue weighted by molar-refractivity contribution is 0.495. The topological polar surface area (TPSA) is 82.0 Å². The fourth-order valence-electron chi connectivity index (χ4n) is 3.00. The minimum Gasteiger partial charge on any atom is -0.341 e. The number of nitrogens with zero attached hydrogens (tertiary/aromatic N) is 5. The number of rotatable bonds is 3. The maximum atomic E-state index is 12.5. The third kappa shape index (κ3) is 3.01. The van der Waals surface area contributed by atoms with Crippen molar-refractivity contribution in [2.75, 3.05) is 18.0 Å². The summed E-state index contributed by atoms with van der Waals surface area (Å²) >= 11 is 0. The molecule has 7 nitrogen and oxygen atoms in total. The van der Waals surface area contributed by atoms with Gasteiger partial charge in [-0.15, -0.1) is 0 Å². The van der Waals surface area contributed by atoms with E-state index in [-0.39, 0.29) is 11.6 Å². The summed E-state index contributed by atoms with van der Waals surface area (Å²) in [6.45, 7) is 6.41. The van der Waals surface area contributed by atoms with Crippen LogP contribution < -0.4 is 16.2 Å². The van der Waals surface area contributed by atoms with Crippen LogP contribution in [0.15, 0.2) is 22.6 Å². The summed E-state index contributed by atoms with van der Waals surface area (Å²) in [5.74, 6) is 0.817. The number of aryl methyl sites for hydroxylation is 1. The Bertz CT molecular complexity index is 799. The van der Waals surface area contributed by atoms with Gasteiger partial charge in [-0.2, -0.15) is 5.10 Å². The molecule has 0 radical (unpaired) electrons. The van der Waals surface area contributed by atoms with Crippen molar-refractivity contribution in [3.8, 4) is 0 Å². The number of fused-ring (bicyclic) bond motifs is 1. The summed E-state index contributed by atoms with van der Waals surface area (Å²) in [5, 5.41) is 4.09. The van der Waals surface area contributed by atoms with Gasteiger partial charge in [0.15, 0.2) is 0 Å². The van der Waals surface area contributed by atoms with E-state index in [0.29, 0.717) is 17.6 Å². The van der Waals surface area contributed by atoms with Crippen molar-refractivity contribution in [2.45, 2.75) is 39.3 Å². The molecule has 0 spiro atoms. The first kappa shape index (κ1) is 15.7. The minimum atomic E-state index is -0.121. The number of aromatic nitrogens is 4. The van der Waals surface area contributed by atoms with E-state index in [1.54, 1.807) is 13.2 Å². The van der Waals surface area contributed by atoms with Gasteiger partial charge in [0.25, 0.3) is 5.56 Å². The normalized spacial score (nSPS) is 18.4. The first-order valence-corrected chi connectivity index (χ1v) is 8.04. The van der Waals surface area contributed by atoms with Gasteiger partial charge in [-0.1, -0.05) is 11.6 Å². The van der Waals surface area contributed by atoms with Gasteiger partial charge in [-0.3, -0.25) is 4.79 Å². The smallest absolute Gasteiger partial charge is 0.292 e. The van der Waals surface area contributed by atoms with Gasteiger partial charge in [0.05, 0.1) is 6.20 Å². The number of allylic oxidation sites excluding steroid dienone is 2. The second-order valence-electron chi connectivity index (χ2n) is 6.46. The van der Waals surface area contributed by atoms with Crippen LogP contribution in [0.3, 0.4) is 0 Å². The third-order valence-electron chi connectivity index (χ3n) is 4.25. The number of nitrogens with two attached hydrogens (primary N) is 1.